The number of rotatable bonds is 5. The molecule has 0 aromatic heterocycles. The van der Waals surface area contributed by atoms with Crippen molar-refractivity contribution < 1.29 is 4.74 Å². The quantitative estimate of drug-likeness (QED) is 0.842. The van der Waals surface area contributed by atoms with Crippen LogP contribution in [0.2, 0.25) is 0 Å². The molecule has 1 aromatic carbocycles. The van der Waals surface area contributed by atoms with Crippen molar-refractivity contribution in [1.82, 2.24) is 5.32 Å². The third-order valence-corrected chi connectivity index (χ3v) is 3.89. The van der Waals surface area contributed by atoms with Gasteiger partial charge in [-0.1, -0.05) is 25.0 Å². The molecule has 0 spiro atoms. The molecule has 0 amide bonds. The van der Waals surface area contributed by atoms with Gasteiger partial charge in [0, 0.05) is 12.6 Å². The van der Waals surface area contributed by atoms with Gasteiger partial charge in [-0.15, -0.1) is 0 Å². The lowest BCUT2D eigenvalue weighted by Crippen LogP contribution is -2.31. The van der Waals surface area contributed by atoms with Gasteiger partial charge in [0.05, 0.1) is 7.11 Å². The summed E-state index contributed by atoms with van der Waals surface area (Å²) < 4.78 is 5.16. The molecule has 1 saturated carbocycles. The van der Waals surface area contributed by atoms with Crippen molar-refractivity contribution in [2.75, 3.05) is 7.11 Å². The lowest BCUT2D eigenvalue weighted by Gasteiger charge is -2.20. The van der Waals surface area contributed by atoms with E-state index in [9.17, 15) is 0 Å². The Balaban J connectivity index is 1.80. The van der Waals surface area contributed by atoms with Crippen molar-refractivity contribution in [2.45, 2.75) is 45.2 Å². The lowest BCUT2D eigenvalue weighted by atomic mass is 9.99. The minimum atomic E-state index is 0.639. The molecule has 1 fully saturated rings. The summed E-state index contributed by atoms with van der Waals surface area (Å²) in [6.07, 6.45) is 5.63. The summed E-state index contributed by atoms with van der Waals surface area (Å²) in [4.78, 5) is 0. The Morgan fingerprint density at radius 2 is 1.88 bits per heavy atom. The highest BCUT2D eigenvalue weighted by atomic mass is 16.5. The fourth-order valence-electron chi connectivity index (χ4n) is 2.65. The molecule has 94 valence electrons. The average Bonchev–Trinajstić information content (AvgIpc) is 2.90. The van der Waals surface area contributed by atoms with Gasteiger partial charge < -0.3 is 10.1 Å². The number of hydrogen-bond donors (Lipinski definition) is 1. The Hall–Kier alpha value is -1.02. The van der Waals surface area contributed by atoms with E-state index < -0.39 is 0 Å². The predicted molar refractivity (Wildman–Crippen MR) is 71.3 cm³/mol. The third-order valence-electron chi connectivity index (χ3n) is 3.89. The van der Waals surface area contributed by atoms with Crippen molar-refractivity contribution in [3.63, 3.8) is 0 Å². The zero-order valence-electron chi connectivity index (χ0n) is 10.9. The fraction of sp³-hybridized carbons (Fsp3) is 0.600. The van der Waals surface area contributed by atoms with E-state index in [1.165, 1.54) is 31.2 Å². The Morgan fingerprint density at radius 3 is 2.47 bits per heavy atom. The first-order valence-electron chi connectivity index (χ1n) is 6.66. The number of methoxy groups -OCH3 is 1. The van der Waals surface area contributed by atoms with Gasteiger partial charge >= 0.3 is 0 Å². The number of nitrogens with one attached hydrogen (secondary N) is 1. The molecule has 0 unspecified atom stereocenters. The maximum absolute atomic E-state index is 5.16. The van der Waals surface area contributed by atoms with E-state index >= 15 is 0 Å². The van der Waals surface area contributed by atoms with Crippen LogP contribution in [0.25, 0.3) is 0 Å². The second kappa shape index (κ2) is 6.06. The van der Waals surface area contributed by atoms with Crippen molar-refractivity contribution in [1.29, 1.82) is 0 Å². The molecule has 0 heterocycles. The highest BCUT2D eigenvalue weighted by Gasteiger charge is 2.20. The van der Waals surface area contributed by atoms with Gasteiger partial charge in [-0.05, 0) is 43.4 Å². The summed E-state index contributed by atoms with van der Waals surface area (Å²) in [5, 5.41) is 3.64. The van der Waals surface area contributed by atoms with Crippen molar-refractivity contribution in [3.05, 3.63) is 29.8 Å². The highest BCUT2D eigenvalue weighted by Crippen LogP contribution is 2.27. The second-order valence-electron chi connectivity index (χ2n) is 5.06. The molecule has 17 heavy (non-hydrogen) atoms. The van der Waals surface area contributed by atoms with Crippen LogP contribution in [0.5, 0.6) is 5.75 Å². The molecule has 1 aliphatic rings. The minimum absolute atomic E-state index is 0.639. The maximum atomic E-state index is 5.16. The molecule has 1 aromatic rings. The molecule has 1 N–H and O–H groups in total. The van der Waals surface area contributed by atoms with Crippen LogP contribution in [-0.4, -0.2) is 13.2 Å². The van der Waals surface area contributed by atoms with Gasteiger partial charge in [-0.2, -0.15) is 0 Å². The molecule has 0 aliphatic heterocycles. The van der Waals surface area contributed by atoms with Crippen molar-refractivity contribution >= 4 is 0 Å². The molecule has 1 aliphatic carbocycles. The van der Waals surface area contributed by atoms with E-state index in [1.54, 1.807) is 7.11 Å². The molecule has 0 radical (unpaired) electrons. The average molecular weight is 233 g/mol. The summed E-state index contributed by atoms with van der Waals surface area (Å²) in [7, 11) is 1.70. The smallest absolute Gasteiger partial charge is 0.118 e. The number of ether oxygens (including phenoxy) is 1. The third kappa shape index (κ3) is 3.47. The zero-order chi connectivity index (χ0) is 12.1. The van der Waals surface area contributed by atoms with Crippen LogP contribution in [0.15, 0.2) is 24.3 Å². The normalized spacial score (nSPS) is 18.2. The lowest BCUT2D eigenvalue weighted by molar-refractivity contribution is 0.380. The molecule has 1 atom stereocenters. The molecule has 0 saturated heterocycles. The Labute approximate surface area is 104 Å². The van der Waals surface area contributed by atoms with Crippen LogP contribution >= 0.6 is 0 Å². The Morgan fingerprint density at radius 1 is 1.24 bits per heavy atom. The van der Waals surface area contributed by atoms with Gasteiger partial charge in [0.1, 0.15) is 5.75 Å². The number of benzene rings is 1. The van der Waals surface area contributed by atoms with Crippen molar-refractivity contribution in [2.24, 2.45) is 5.92 Å². The summed E-state index contributed by atoms with van der Waals surface area (Å²) in [5.74, 6) is 1.81. The Bertz CT molecular complexity index is 327. The first kappa shape index (κ1) is 12.4. The van der Waals surface area contributed by atoms with Gasteiger partial charge in [-0.3, -0.25) is 0 Å². The molecule has 2 nitrogen and oxygen atoms in total. The first-order valence-corrected chi connectivity index (χ1v) is 6.66. The van der Waals surface area contributed by atoms with Crippen molar-refractivity contribution in [3.8, 4) is 5.75 Å². The van der Waals surface area contributed by atoms with E-state index in [0.717, 1.165) is 18.2 Å². The summed E-state index contributed by atoms with van der Waals surface area (Å²) in [6, 6.07) is 8.95. The SMILES string of the molecule is COc1ccc(CN[C@@H](C)C2CCCC2)cc1. The highest BCUT2D eigenvalue weighted by molar-refractivity contribution is 5.27. The predicted octanol–water partition coefficient (Wildman–Crippen LogP) is 3.36. The molecule has 2 rings (SSSR count). The van der Waals surface area contributed by atoms with Crippen LogP contribution in [0.3, 0.4) is 0 Å². The topological polar surface area (TPSA) is 21.3 Å². The monoisotopic (exact) mass is 233 g/mol. The van der Waals surface area contributed by atoms with Crippen LogP contribution in [0, 0.1) is 5.92 Å². The molecule has 0 bridgehead atoms. The minimum Gasteiger partial charge on any atom is -0.497 e. The van der Waals surface area contributed by atoms with Gasteiger partial charge in [-0.25, -0.2) is 0 Å². The van der Waals surface area contributed by atoms with E-state index in [4.69, 9.17) is 4.74 Å². The van der Waals surface area contributed by atoms with E-state index in [1.807, 2.05) is 12.1 Å². The molecular formula is C15H23NO. The van der Waals surface area contributed by atoms with E-state index in [0.29, 0.717) is 6.04 Å². The van der Waals surface area contributed by atoms with E-state index in [-0.39, 0.29) is 0 Å². The van der Waals surface area contributed by atoms with Gasteiger partial charge in [0.25, 0.3) is 0 Å². The van der Waals surface area contributed by atoms with Crippen LogP contribution in [0.4, 0.5) is 0 Å². The van der Waals surface area contributed by atoms with Crippen LogP contribution in [-0.2, 0) is 6.54 Å². The largest absolute Gasteiger partial charge is 0.497 e. The van der Waals surface area contributed by atoms with E-state index in [2.05, 4.69) is 24.4 Å². The maximum Gasteiger partial charge on any atom is 0.118 e. The summed E-state index contributed by atoms with van der Waals surface area (Å²) in [5.41, 5.74) is 1.33. The van der Waals surface area contributed by atoms with Crippen LogP contribution < -0.4 is 10.1 Å². The van der Waals surface area contributed by atoms with Gasteiger partial charge in [0.2, 0.25) is 0 Å². The van der Waals surface area contributed by atoms with Crippen LogP contribution in [0.1, 0.15) is 38.2 Å². The molecular weight excluding hydrogens is 210 g/mol. The first-order chi connectivity index (χ1) is 8.29. The Kier molecular flexibility index (Phi) is 4.43. The zero-order valence-corrected chi connectivity index (χ0v) is 10.9. The second-order valence-corrected chi connectivity index (χ2v) is 5.06. The summed E-state index contributed by atoms with van der Waals surface area (Å²) in [6.45, 7) is 3.28. The standard InChI is InChI=1S/C15H23NO/c1-12(14-5-3-4-6-14)16-11-13-7-9-15(17-2)10-8-13/h7-10,12,14,16H,3-6,11H2,1-2H3/t12-/m0/s1. The summed E-state index contributed by atoms with van der Waals surface area (Å²) >= 11 is 0. The van der Waals surface area contributed by atoms with Gasteiger partial charge in [0.15, 0.2) is 0 Å². The number of hydrogen-bond acceptors (Lipinski definition) is 2. The molecule has 2 heteroatoms. The fourth-order valence-corrected chi connectivity index (χ4v) is 2.65.